The van der Waals surface area contributed by atoms with Crippen molar-refractivity contribution in [3.63, 3.8) is 0 Å². The van der Waals surface area contributed by atoms with E-state index in [2.05, 4.69) is 0 Å². The summed E-state index contributed by atoms with van der Waals surface area (Å²) in [5, 5.41) is 2.02. The van der Waals surface area contributed by atoms with Gasteiger partial charge in [-0.2, -0.15) is 8.78 Å². The van der Waals surface area contributed by atoms with Crippen LogP contribution in [-0.2, 0) is 4.79 Å². The Kier molecular flexibility index (Phi) is 4.69. The second-order valence-corrected chi connectivity index (χ2v) is 2.21. The molecule has 1 amide bonds. The molecule has 0 aromatic heterocycles. The van der Waals surface area contributed by atoms with Crippen LogP contribution in [-0.4, -0.2) is 24.9 Å². The minimum Gasteiger partial charge on any atom is -0.350 e. The van der Waals surface area contributed by atoms with Crippen molar-refractivity contribution in [3.8, 4) is 0 Å². The van der Waals surface area contributed by atoms with Crippen molar-refractivity contribution in [1.29, 1.82) is 0 Å². The fourth-order valence-corrected chi connectivity index (χ4v) is 0.453. The molecule has 0 saturated heterocycles. The largest absolute Gasteiger partial charge is 0.350 e. The topological polar surface area (TPSA) is 55.1 Å². The lowest BCUT2D eigenvalue weighted by atomic mass is 10.2. The Morgan fingerprint density at radius 3 is 2.55 bits per heavy atom. The third kappa shape index (κ3) is 4.66. The molecule has 0 spiro atoms. The summed E-state index contributed by atoms with van der Waals surface area (Å²) in [6.07, 6.45) is -2.29. The van der Waals surface area contributed by atoms with Gasteiger partial charge >= 0.3 is 6.43 Å². The third-order valence-corrected chi connectivity index (χ3v) is 1.26. The van der Waals surface area contributed by atoms with E-state index in [9.17, 15) is 13.6 Å². The zero-order chi connectivity index (χ0) is 8.85. The van der Waals surface area contributed by atoms with Crippen LogP contribution in [0.15, 0.2) is 0 Å². The maximum absolute atomic E-state index is 11.5. The Labute approximate surface area is 63.9 Å². The molecule has 0 aliphatic heterocycles. The van der Waals surface area contributed by atoms with Gasteiger partial charge in [0.2, 0.25) is 0 Å². The molecule has 0 saturated carbocycles. The Bertz CT molecular complexity index is 130. The highest BCUT2D eigenvalue weighted by molar-refractivity contribution is 5.79. The first-order valence-electron chi connectivity index (χ1n) is 3.39. The monoisotopic (exact) mass is 166 g/mol. The lowest BCUT2D eigenvalue weighted by molar-refractivity contribution is -0.131. The number of nitrogens with one attached hydrogen (secondary N) is 1. The number of nitrogens with two attached hydrogens (primary N) is 1. The minimum absolute atomic E-state index is 0.111. The van der Waals surface area contributed by atoms with Crippen LogP contribution in [0.25, 0.3) is 0 Å². The van der Waals surface area contributed by atoms with Gasteiger partial charge in [-0.05, 0) is 6.42 Å². The molecule has 3 nitrogen and oxygen atoms in total. The van der Waals surface area contributed by atoms with Gasteiger partial charge in [-0.25, -0.2) is 0 Å². The summed E-state index contributed by atoms with van der Waals surface area (Å²) in [6, 6.07) is -0.238. The molecule has 0 aliphatic rings. The Balaban J connectivity index is 3.46. The predicted molar refractivity (Wildman–Crippen MR) is 37.3 cm³/mol. The zero-order valence-corrected chi connectivity index (χ0v) is 6.31. The van der Waals surface area contributed by atoms with Crippen LogP contribution in [0.5, 0.6) is 0 Å². The Hall–Kier alpha value is -0.710. The van der Waals surface area contributed by atoms with Gasteiger partial charge in [0.15, 0.2) is 0 Å². The summed E-state index contributed by atoms with van der Waals surface area (Å²) < 4.78 is 23.1. The molecule has 1 atom stereocenters. The van der Waals surface area contributed by atoms with Crippen LogP contribution >= 0.6 is 0 Å². The first-order chi connectivity index (χ1) is 5.07. The fraction of sp³-hybridized carbons (Fsp3) is 0.833. The van der Waals surface area contributed by atoms with Crippen LogP contribution < -0.4 is 11.1 Å². The van der Waals surface area contributed by atoms with E-state index in [-0.39, 0.29) is 12.6 Å². The van der Waals surface area contributed by atoms with Crippen molar-refractivity contribution in [1.82, 2.24) is 5.32 Å². The SMILES string of the molecule is CCC(N)CNC(=O)C(F)F. The molecule has 0 heterocycles. The number of amides is 1. The van der Waals surface area contributed by atoms with E-state index in [1.54, 1.807) is 0 Å². The Morgan fingerprint density at radius 2 is 2.18 bits per heavy atom. The van der Waals surface area contributed by atoms with Gasteiger partial charge in [0.1, 0.15) is 0 Å². The number of alkyl halides is 2. The van der Waals surface area contributed by atoms with Gasteiger partial charge in [-0.15, -0.1) is 0 Å². The zero-order valence-electron chi connectivity index (χ0n) is 6.31. The normalized spacial score (nSPS) is 13.2. The van der Waals surface area contributed by atoms with Gasteiger partial charge in [-0.1, -0.05) is 6.92 Å². The summed E-state index contributed by atoms with van der Waals surface area (Å²) in [5.74, 6) is -1.26. The average molecular weight is 166 g/mol. The number of carbonyl (C=O) groups is 1. The highest BCUT2D eigenvalue weighted by Crippen LogP contribution is 1.91. The van der Waals surface area contributed by atoms with Crippen molar-refractivity contribution in [2.45, 2.75) is 25.8 Å². The highest BCUT2D eigenvalue weighted by Gasteiger charge is 2.14. The number of hydrogen-bond donors (Lipinski definition) is 2. The van der Waals surface area contributed by atoms with Crippen molar-refractivity contribution in [2.75, 3.05) is 6.54 Å². The molecule has 0 fully saturated rings. The predicted octanol–water partition coefficient (Wildman–Crippen LogP) is 0.105. The first-order valence-corrected chi connectivity index (χ1v) is 3.39. The van der Waals surface area contributed by atoms with E-state index >= 15 is 0 Å². The lowest BCUT2D eigenvalue weighted by Gasteiger charge is -2.09. The maximum Gasteiger partial charge on any atom is 0.315 e. The molecule has 66 valence electrons. The molecule has 0 aliphatic carbocycles. The second-order valence-electron chi connectivity index (χ2n) is 2.21. The molecule has 0 aromatic rings. The Morgan fingerprint density at radius 1 is 1.64 bits per heavy atom. The average Bonchev–Trinajstić information content (AvgIpc) is 1.99. The lowest BCUT2D eigenvalue weighted by Crippen LogP contribution is -2.39. The molecule has 1 unspecified atom stereocenters. The maximum atomic E-state index is 11.5. The number of carbonyl (C=O) groups excluding carboxylic acids is 1. The molecule has 0 bridgehead atoms. The van der Waals surface area contributed by atoms with E-state index in [0.29, 0.717) is 6.42 Å². The van der Waals surface area contributed by atoms with Gasteiger partial charge < -0.3 is 11.1 Å². The van der Waals surface area contributed by atoms with Gasteiger partial charge in [0, 0.05) is 12.6 Å². The van der Waals surface area contributed by atoms with E-state index in [4.69, 9.17) is 5.73 Å². The summed E-state index contributed by atoms with van der Waals surface area (Å²) in [7, 11) is 0. The van der Waals surface area contributed by atoms with E-state index in [0.717, 1.165) is 0 Å². The summed E-state index contributed by atoms with van der Waals surface area (Å²) in [5.41, 5.74) is 5.36. The number of hydrogen-bond acceptors (Lipinski definition) is 2. The van der Waals surface area contributed by atoms with Crippen molar-refractivity contribution >= 4 is 5.91 Å². The molecular formula is C6H12F2N2O. The third-order valence-electron chi connectivity index (χ3n) is 1.26. The van der Waals surface area contributed by atoms with Crippen LogP contribution in [0.4, 0.5) is 8.78 Å². The second kappa shape index (κ2) is 5.01. The number of halogens is 2. The molecule has 0 rings (SSSR count). The molecule has 3 N–H and O–H groups in total. The highest BCUT2D eigenvalue weighted by atomic mass is 19.3. The molecule has 11 heavy (non-hydrogen) atoms. The van der Waals surface area contributed by atoms with Crippen LogP contribution in [0.3, 0.4) is 0 Å². The van der Waals surface area contributed by atoms with Crippen LogP contribution in [0.2, 0.25) is 0 Å². The van der Waals surface area contributed by atoms with Crippen LogP contribution in [0, 0.1) is 0 Å². The molecule has 0 aromatic carbocycles. The molecular weight excluding hydrogens is 154 g/mol. The van der Waals surface area contributed by atoms with E-state index in [1.165, 1.54) is 0 Å². The van der Waals surface area contributed by atoms with Crippen LogP contribution in [0.1, 0.15) is 13.3 Å². The summed E-state index contributed by atoms with van der Waals surface area (Å²) in [6.45, 7) is 1.93. The van der Waals surface area contributed by atoms with Gasteiger partial charge in [0.05, 0.1) is 0 Å². The van der Waals surface area contributed by atoms with Gasteiger partial charge in [-0.3, -0.25) is 4.79 Å². The number of rotatable bonds is 4. The van der Waals surface area contributed by atoms with E-state index < -0.39 is 12.3 Å². The molecule has 5 heteroatoms. The first kappa shape index (κ1) is 10.3. The van der Waals surface area contributed by atoms with E-state index in [1.807, 2.05) is 12.2 Å². The summed E-state index contributed by atoms with van der Waals surface area (Å²) in [4.78, 5) is 10.2. The fourth-order valence-electron chi connectivity index (χ4n) is 0.453. The van der Waals surface area contributed by atoms with Crippen molar-refractivity contribution in [2.24, 2.45) is 5.73 Å². The summed E-state index contributed by atoms with van der Waals surface area (Å²) >= 11 is 0. The quantitative estimate of drug-likeness (QED) is 0.622. The molecule has 0 radical (unpaired) electrons. The van der Waals surface area contributed by atoms with Crippen molar-refractivity contribution in [3.05, 3.63) is 0 Å². The smallest absolute Gasteiger partial charge is 0.315 e. The van der Waals surface area contributed by atoms with Gasteiger partial charge in [0.25, 0.3) is 5.91 Å². The van der Waals surface area contributed by atoms with Crippen molar-refractivity contribution < 1.29 is 13.6 Å². The minimum atomic E-state index is -2.95. The standard InChI is InChI=1S/C6H12F2N2O/c1-2-4(9)3-10-6(11)5(7)8/h4-5H,2-3,9H2,1H3,(H,10,11).